The number of anilines is 1. The van der Waals surface area contributed by atoms with Crippen LogP contribution >= 0.6 is 23.2 Å². The Labute approximate surface area is 118 Å². The quantitative estimate of drug-likeness (QED) is 0.891. The molecule has 2 atom stereocenters. The molecule has 1 aromatic carbocycles. The van der Waals surface area contributed by atoms with Crippen molar-refractivity contribution in [2.24, 2.45) is 0 Å². The summed E-state index contributed by atoms with van der Waals surface area (Å²) in [6, 6.07) is 7.64. The fourth-order valence-electron chi connectivity index (χ4n) is 3.49. The molecule has 3 rings (SSSR count). The maximum atomic E-state index is 6.34. The Morgan fingerprint density at radius 3 is 2.44 bits per heavy atom. The van der Waals surface area contributed by atoms with Gasteiger partial charge in [-0.25, -0.2) is 0 Å². The van der Waals surface area contributed by atoms with E-state index in [0.29, 0.717) is 18.1 Å². The van der Waals surface area contributed by atoms with Crippen molar-refractivity contribution in [2.45, 2.75) is 43.8 Å². The lowest BCUT2D eigenvalue weighted by atomic mass is 9.97. The predicted octanol–water partition coefficient (Wildman–Crippen LogP) is 3.71. The topological polar surface area (TPSA) is 15.3 Å². The number of nitrogens with zero attached hydrogens (tertiary/aromatic N) is 1. The third-order valence-electron chi connectivity index (χ3n) is 4.33. The minimum absolute atomic E-state index is 0.608. The zero-order valence-electron chi connectivity index (χ0n) is 10.5. The molecular weight excluding hydrogens is 267 g/mol. The van der Waals surface area contributed by atoms with Gasteiger partial charge < -0.3 is 10.2 Å². The van der Waals surface area contributed by atoms with E-state index in [1.807, 2.05) is 18.2 Å². The van der Waals surface area contributed by atoms with Crippen LogP contribution in [0.15, 0.2) is 18.2 Å². The molecule has 2 aliphatic rings. The molecule has 2 nitrogen and oxygen atoms in total. The maximum Gasteiger partial charge on any atom is 0.0640 e. The lowest BCUT2D eigenvalue weighted by Gasteiger charge is -2.41. The fraction of sp³-hybridized carbons (Fsp3) is 0.571. The third-order valence-corrected chi connectivity index (χ3v) is 4.88. The molecule has 2 heterocycles. The lowest BCUT2D eigenvalue weighted by molar-refractivity contribution is 0.374. The zero-order valence-corrected chi connectivity index (χ0v) is 12.0. The van der Waals surface area contributed by atoms with Crippen LogP contribution < -0.4 is 10.2 Å². The van der Waals surface area contributed by atoms with Gasteiger partial charge in [0.25, 0.3) is 0 Å². The summed E-state index contributed by atoms with van der Waals surface area (Å²) in [5.41, 5.74) is 1.12. The normalized spacial score (nSPS) is 30.8. The molecule has 18 heavy (non-hydrogen) atoms. The third kappa shape index (κ3) is 2.11. The number of hydrogen-bond acceptors (Lipinski definition) is 2. The molecule has 0 amide bonds. The second-order valence-electron chi connectivity index (χ2n) is 5.35. The summed E-state index contributed by atoms with van der Waals surface area (Å²) in [7, 11) is 2.06. The molecule has 0 radical (unpaired) electrons. The highest BCUT2D eigenvalue weighted by Crippen LogP contribution is 2.42. The van der Waals surface area contributed by atoms with E-state index in [2.05, 4.69) is 17.3 Å². The van der Waals surface area contributed by atoms with E-state index >= 15 is 0 Å². The van der Waals surface area contributed by atoms with Crippen molar-refractivity contribution in [3.8, 4) is 0 Å². The van der Waals surface area contributed by atoms with E-state index in [1.54, 1.807) is 0 Å². The summed E-state index contributed by atoms with van der Waals surface area (Å²) in [6.07, 6.45) is 4.95. The summed E-state index contributed by atoms with van der Waals surface area (Å²) >= 11 is 12.5. The van der Waals surface area contributed by atoms with E-state index in [-0.39, 0.29) is 0 Å². The van der Waals surface area contributed by atoms with Gasteiger partial charge in [0.1, 0.15) is 0 Å². The van der Waals surface area contributed by atoms with Crippen LogP contribution in [0.25, 0.3) is 0 Å². The molecule has 2 bridgehead atoms. The summed E-state index contributed by atoms with van der Waals surface area (Å²) in [5, 5.41) is 5.00. The molecule has 2 unspecified atom stereocenters. The molecule has 0 spiro atoms. The summed E-state index contributed by atoms with van der Waals surface area (Å²) in [4.78, 5) is 2.50. The Balaban J connectivity index is 1.91. The lowest BCUT2D eigenvalue weighted by Crippen LogP contribution is -2.48. The highest BCUT2D eigenvalue weighted by atomic mass is 35.5. The standard InChI is InChI=1S/C14H18Cl2N2/c1-17-10-7-11-3-4-12(8-10)18(11)14-6-9(15)2-5-13(14)16/h2,5-6,10-12,17H,3-4,7-8H2,1H3. The Morgan fingerprint density at radius 2 is 1.83 bits per heavy atom. The first-order valence-electron chi connectivity index (χ1n) is 6.59. The highest BCUT2D eigenvalue weighted by molar-refractivity contribution is 6.35. The van der Waals surface area contributed by atoms with Crippen LogP contribution in [-0.2, 0) is 0 Å². The van der Waals surface area contributed by atoms with Crippen molar-refractivity contribution >= 4 is 28.9 Å². The number of rotatable bonds is 2. The average molecular weight is 285 g/mol. The number of piperidine rings is 1. The van der Waals surface area contributed by atoms with Crippen LogP contribution in [-0.4, -0.2) is 25.2 Å². The van der Waals surface area contributed by atoms with Gasteiger partial charge in [0.05, 0.1) is 10.7 Å². The predicted molar refractivity (Wildman–Crippen MR) is 77.8 cm³/mol. The molecule has 2 saturated heterocycles. The van der Waals surface area contributed by atoms with Gasteiger partial charge in [0.15, 0.2) is 0 Å². The first kappa shape index (κ1) is 12.6. The Kier molecular flexibility index (Phi) is 3.44. The second kappa shape index (κ2) is 4.92. The van der Waals surface area contributed by atoms with Gasteiger partial charge in [-0.05, 0) is 50.9 Å². The fourth-order valence-corrected chi connectivity index (χ4v) is 3.87. The number of hydrogen-bond donors (Lipinski definition) is 1. The number of benzene rings is 1. The van der Waals surface area contributed by atoms with Crippen molar-refractivity contribution in [3.05, 3.63) is 28.2 Å². The average Bonchev–Trinajstić information content (AvgIpc) is 2.63. The van der Waals surface area contributed by atoms with E-state index in [0.717, 1.165) is 15.7 Å². The molecule has 0 aliphatic carbocycles. The minimum Gasteiger partial charge on any atom is -0.364 e. The van der Waals surface area contributed by atoms with Crippen LogP contribution in [0.2, 0.25) is 10.0 Å². The van der Waals surface area contributed by atoms with E-state index in [1.165, 1.54) is 25.7 Å². The molecule has 4 heteroatoms. The number of halogens is 2. The van der Waals surface area contributed by atoms with Crippen molar-refractivity contribution in [1.29, 1.82) is 0 Å². The molecular formula is C14H18Cl2N2. The van der Waals surface area contributed by atoms with Gasteiger partial charge in [-0.3, -0.25) is 0 Å². The monoisotopic (exact) mass is 284 g/mol. The van der Waals surface area contributed by atoms with Gasteiger partial charge in [-0.15, -0.1) is 0 Å². The molecule has 1 N–H and O–H groups in total. The summed E-state index contributed by atoms with van der Waals surface area (Å²) < 4.78 is 0. The number of nitrogens with one attached hydrogen (secondary N) is 1. The van der Waals surface area contributed by atoms with Gasteiger partial charge in [-0.2, -0.15) is 0 Å². The van der Waals surface area contributed by atoms with Gasteiger partial charge in [-0.1, -0.05) is 23.2 Å². The SMILES string of the molecule is CNC1CC2CCC(C1)N2c1cc(Cl)ccc1Cl. The van der Waals surface area contributed by atoms with Crippen LogP contribution in [0, 0.1) is 0 Å². The molecule has 0 aromatic heterocycles. The van der Waals surface area contributed by atoms with Crippen molar-refractivity contribution in [2.75, 3.05) is 11.9 Å². The van der Waals surface area contributed by atoms with E-state index in [9.17, 15) is 0 Å². The van der Waals surface area contributed by atoms with Crippen molar-refractivity contribution in [1.82, 2.24) is 5.32 Å². The first-order valence-corrected chi connectivity index (χ1v) is 7.35. The first-order chi connectivity index (χ1) is 8.69. The molecule has 2 aliphatic heterocycles. The van der Waals surface area contributed by atoms with Crippen LogP contribution in [0.3, 0.4) is 0 Å². The zero-order chi connectivity index (χ0) is 12.7. The van der Waals surface area contributed by atoms with E-state index in [4.69, 9.17) is 23.2 Å². The minimum atomic E-state index is 0.608. The van der Waals surface area contributed by atoms with Crippen molar-refractivity contribution in [3.63, 3.8) is 0 Å². The Bertz CT molecular complexity index is 435. The largest absolute Gasteiger partial charge is 0.364 e. The highest BCUT2D eigenvalue weighted by Gasteiger charge is 2.40. The van der Waals surface area contributed by atoms with Crippen LogP contribution in [0.5, 0.6) is 0 Å². The number of fused-ring (bicyclic) bond motifs is 2. The molecule has 98 valence electrons. The van der Waals surface area contributed by atoms with Gasteiger partial charge in [0.2, 0.25) is 0 Å². The summed E-state index contributed by atoms with van der Waals surface area (Å²) in [5.74, 6) is 0. The summed E-state index contributed by atoms with van der Waals surface area (Å²) in [6.45, 7) is 0. The van der Waals surface area contributed by atoms with Gasteiger partial charge >= 0.3 is 0 Å². The maximum absolute atomic E-state index is 6.34. The van der Waals surface area contributed by atoms with E-state index < -0.39 is 0 Å². The smallest absolute Gasteiger partial charge is 0.0640 e. The Hall–Kier alpha value is -0.440. The van der Waals surface area contributed by atoms with Crippen LogP contribution in [0.4, 0.5) is 5.69 Å². The van der Waals surface area contributed by atoms with Crippen LogP contribution in [0.1, 0.15) is 25.7 Å². The van der Waals surface area contributed by atoms with Gasteiger partial charge in [0, 0.05) is 23.1 Å². The molecule has 0 saturated carbocycles. The van der Waals surface area contributed by atoms with Crippen molar-refractivity contribution < 1.29 is 0 Å². The second-order valence-corrected chi connectivity index (χ2v) is 6.19. The Morgan fingerprint density at radius 1 is 1.17 bits per heavy atom. The molecule has 1 aromatic rings. The molecule has 2 fully saturated rings.